The van der Waals surface area contributed by atoms with Crippen LogP contribution in [0.1, 0.15) is 107 Å². The lowest BCUT2D eigenvalue weighted by Crippen LogP contribution is -2.65. The average Bonchev–Trinajstić information content (AvgIpc) is 3.70. The number of aliphatic hydroxyl groups excluding tert-OH is 14. The summed E-state index contributed by atoms with van der Waals surface area (Å²) >= 11 is 0. The van der Waals surface area contributed by atoms with Crippen LogP contribution < -0.4 is 0 Å². The van der Waals surface area contributed by atoms with Crippen molar-refractivity contribution in [2.75, 3.05) is 26.4 Å². The summed E-state index contributed by atoms with van der Waals surface area (Å²) in [4.78, 5) is 0. The van der Waals surface area contributed by atoms with E-state index < -0.39 is 171 Å². The molecule has 4 aliphatic heterocycles. The molecular weight excluding hydrogens is 1000 g/mol. The lowest BCUT2D eigenvalue weighted by molar-refractivity contribution is -0.364. The molecule has 7 fully saturated rings. The molecule has 8 aliphatic rings. The highest BCUT2D eigenvalue weighted by Gasteiger charge is 2.70. The van der Waals surface area contributed by atoms with Gasteiger partial charge in [0, 0.05) is 10.8 Å². The molecule has 76 heavy (non-hydrogen) atoms. The van der Waals surface area contributed by atoms with Crippen LogP contribution in [-0.2, 0) is 37.9 Å². The fraction of sp³-hybridized carbons (Fsp3) is 0.962. The lowest BCUT2D eigenvalue weighted by Gasteiger charge is -2.67. The summed E-state index contributed by atoms with van der Waals surface area (Å²) in [5.74, 6) is 0.362. The molecule has 440 valence electrons. The smallest absolute Gasteiger partial charge is 0.187 e. The van der Waals surface area contributed by atoms with E-state index in [4.69, 9.17) is 37.9 Å². The van der Waals surface area contributed by atoms with E-state index in [0.717, 1.165) is 18.4 Å². The highest BCUT2D eigenvalue weighted by molar-refractivity contribution is 5.32. The Morgan fingerprint density at radius 1 is 0.645 bits per heavy atom. The number of rotatable bonds is 16. The minimum absolute atomic E-state index is 0.0157. The summed E-state index contributed by atoms with van der Waals surface area (Å²) < 4.78 is 47.4. The Labute approximate surface area is 444 Å². The molecule has 8 rings (SSSR count). The van der Waals surface area contributed by atoms with Gasteiger partial charge in [0.1, 0.15) is 91.6 Å². The molecule has 4 saturated heterocycles. The fourth-order valence-electron chi connectivity index (χ4n) is 15.3. The molecule has 23 nitrogen and oxygen atoms in total. The van der Waals surface area contributed by atoms with E-state index in [2.05, 4.69) is 47.6 Å². The van der Waals surface area contributed by atoms with E-state index in [0.29, 0.717) is 38.5 Å². The van der Waals surface area contributed by atoms with E-state index in [-0.39, 0.29) is 41.1 Å². The van der Waals surface area contributed by atoms with Crippen LogP contribution in [0, 0.1) is 45.3 Å². The zero-order valence-corrected chi connectivity index (χ0v) is 45.0. The molecule has 29 atom stereocenters. The second-order valence-electron chi connectivity index (χ2n) is 25.4. The number of aliphatic hydroxyl groups is 15. The van der Waals surface area contributed by atoms with Crippen molar-refractivity contribution in [2.45, 2.75) is 247 Å². The summed E-state index contributed by atoms with van der Waals surface area (Å²) in [6.07, 6.45) is -24.1. The first-order valence-corrected chi connectivity index (χ1v) is 27.4. The largest absolute Gasteiger partial charge is 0.394 e. The number of allylic oxidation sites excluding steroid dienone is 1. The normalized spacial score (nSPS) is 51.5. The summed E-state index contributed by atoms with van der Waals surface area (Å²) in [5.41, 5.74) is -1.93. The third-order valence-electron chi connectivity index (χ3n) is 20.4. The topological polar surface area (TPSA) is 377 Å². The minimum Gasteiger partial charge on any atom is -0.394 e. The van der Waals surface area contributed by atoms with Crippen molar-refractivity contribution in [3.8, 4) is 0 Å². The first-order chi connectivity index (χ1) is 35.5. The molecule has 0 amide bonds. The summed E-state index contributed by atoms with van der Waals surface area (Å²) in [7, 11) is 0. The maximum absolute atomic E-state index is 12.7. The second-order valence-corrected chi connectivity index (χ2v) is 25.4. The molecule has 3 saturated carbocycles. The van der Waals surface area contributed by atoms with Crippen molar-refractivity contribution in [2.24, 2.45) is 45.3 Å². The van der Waals surface area contributed by atoms with Gasteiger partial charge in [-0.05, 0) is 99.7 Å². The monoisotopic (exact) mass is 1090 g/mol. The van der Waals surface area contributed by atoms with Gasteiger partial charge in [0.2, 0.25) is 0 Å². The molecule has 15 N–H and O–H groups in total. The summed E-state index contributed by atoms with van der Waals surface area (Å²) in [5, 5.41) is 161. The number of fused-ring (bicyclic) bond motifs is 5. The van der Waals surface area contributed by atoms with Crippen molar-refractivity contribution < 1.29 is 114 Å². The van der Waals surface area contributed by atoms with Crippen molar-refractivity contribution in [1.82, 2.24) is 0 Å². The zero-order chi connectivity index (χ0) is 55.9. The Morgan fingerprint density at radius 2 is 1.20 bits per heavy atom. The Morgan fingerprint density at radius 3 is 1.79 bits per heavy atom. The quantitative estimate of drug-likeness (QED) is 0.0705. The average molecular weight is 1100 g/mol. The van der Waals surface area contributed by atoms with Gasteiger partial charge < -0.3 is 114 Å². The SMILES string of the molecule is C[C@H](CC[C@@H](O[C@@H]1OC[C@@H](O)[C@H](O)[C@H]1O[C@H]1O[C@@H](CO)[C@H](O)[C@@H](O)[C@@H]1O)C(C)(C)O)C1CC[C@@]2(C)C3CC=C4C(CC[C@H](O[C@@H]5O[C@H](CO[C@@H]6O[C@H](CO)[C@@H](O)[C@H](O)[C@H]6O)[C@@H](O)[C@H](O)[C@H]5O)C4(C)C)[C@]3(C)[C@H](O)C[C@]12C. The molecule has 0 aromatic heterocycles. The predicted octanol–water partition coefficient (Wildman–Crippen LogP) is -2.59. The van der Waals surface area contributed by atoms with Gasteiger partial charge >= 0.3 is 0 Å². The molecule has 0 spiro atoms. The molecule has 0 radical (unpaired) electrons. The number of hydrogen-bond acceptors (Lipinski definition) is 23. The molecular formula is C53H90O23. The van der Waals surface area contributed by atoms with Crippen LogP contribution in [-0.4, -0.2) is 244 Å². The van der Waals surface area contributed by atoms with Crippen molar-refractivity contribution in [1.29, 1.82) is 0 Å². The van der Waals surface area contributed by atoms with Gasteiger partial charge in [-0.15, -0.1) is 0 Å². The van der Waals surface area contributed by atoms with Gasteiger partial charge in [-0.1, -0.05) is 53.2 Å². The van der Waals surface area contributed by atoms with E-state index in [9.17, 15) is 76.6 Å². The summed E-state index contributed by atoms with van der Waals surface area (Å²) in [6.45, 7) is 14.2. The Kier molecular flexibility index (Phi) is 18.3. The molecule has 23 heteroatoms. The van der Waals surface area contributed by atoms with Gasteiger partial charge in [0.05, 0.1) is 50.3 Å². The van der Waals surface area contributed by atoms with Crippen molar-refractivity contribution >= 4 is 0 Å². The van der Waals surface area contributed by atoms with Crippen LogP contribution in [0.4, 0.5) is 0 Å². The fourth-order valence-corrected chi connectivity index (χ4v) is 15.3. The first-order valence-electron chi connectivity index (χ1n) is 27.4. The molecule has 4 heterocycles. The van der Waals surface area contributed by atoms with Gasteiger partial charge in [0.15, 0.2) is 25.2 Å². The van der Waals surface area contributed by atoms with E-state index in [1.54, 1.807) is 13.8 Å². The van der Waals surface area contributed by atoms with Gasteiger partial charge in [-0.25, -0.2) is 0 Å². The maximum atomic E-state index is 12.7. The zero-order valence-electron chi connectivity index (χ0n) is 45.0. The third kappa shape index (κ3) is 10.6. The van der Waals surface area contributed by atoms with Crippen molar-refractivity contribution in [3.05, 3.63) is 11.6 Å². The van der Waals surface area contributed by atoms with E-state index >= 15 is 0 Å². The van der Waals surface area contributed by atoms with Crippen LogP contribution in [0.25, 0.3) is 0 Å². The molecule has 0 aromatic carbocycles. The molecule has 0 bridgehead atoms. The Hall–Kier alpha value is -1.18. The molecule has 3 unspecified atom stereocenters. The number of hydrogen-bond donors (Lipinski definition) is 15. The second kappa shape index (κ2) is 22.9. The van der Waals surface area contributed by atoms with Gasteiger partial charge in [-0.2, -0.15) is 0 Å². The Balaban J connectivity index is 0.929. The standard InChI is InChI=1S/C53H90O23/c1-22(9-13-33(50(4,5)68)75-48-44(34(58)26(56)20-69-48)76-47-43(67)39(63)36(60)28(19-55)72-47)23-15-16-51(6)30-12-10-24-25(53(30,8)31(57)17-52(23,51)7)11-14-32(49(24,2)3)74-46-42(66)40(64)37(61)29(73-46)21-70-45-41(65)38(62)35(59)27(18-54)71-45/h10,22-23,25-48,54-68H,9,11-21H2,1-8H3/t22-,23?,25?,26-,27-,28+,29-,30?,31-,32+,33-,34+,35-,36+,37-,38+,39-,40+,41-,42-,43+,44-,45-,46+,47-,48+,51+,52-,53+/m1/s1. The van der Waals surface area contributed by atoms with Crippen LogP contribution in [0.2, 0.25) is 0 Å². The molecule has 0 aromatic rings. The first kappa shape index (κ1) is 60.9. The lowest BCUT2D eigenvalue weighted by atomic mass is 9.38. The van der Waals surface area contributed by atoms with Crippen LogP contribution in [0.5, 0.6) is 0 Å². The van der Waals surface area contributed by atoms with E-state index in [1.165, 1.54) is 0 Å². The molecule has 4 aliphatic carbocycles. The Bertz CT molecular complexity index is 1970. The third-order valence-corrected chi connectivity index (χ3v) is 20.4. The van der Waals surface area contributed by atoms with Gasteiger partial charge in [0.25, 0.3) is 0 Å². The summed E-state index contributed by atoms with van der Waals surface area (Å²) in [6, 6.07) is 0. The van der Waals surface area contributed by atoms with Gasteiger partial charge in [-0.3, -0.25) is 0 Å². The van der Waals surface area contributed by atoms with E-state index in [1.807, 2.05) is 0 Å². The van der Waals surface area contributed by atoms with Crippen molar-refractivity contribution in [3.63, 3.8) is 0 Å². The maximum Gasteiger partial charge on any atom is 0.187 e. The predicted molar refractivity (Wildman–Crippen MR) is 262 cm³/mol. The van der Waals surface area contributed by atoms with Crippen LogP contribution in [0.15, 0.2) is 11.6 Å². The van der Waals surface area contributed by atoms with Crippen LogP contribution in [0.3, 0.4) is 0 Å². The highest BCUT2D eigenvalue weighted by atomic mass is 16.8. The van der Waals surface area contributed by atoms with Crippen LogP contribution >= 0.6 is 0 Å². The highest BCUT2D eigenvalue weighted by Crippen LogP contribution is 2.75. The number of ether oxygens (including phenoxy) is 8. The minimum atomic E-state index is -1.80.